The molecule has 5 rings (SSSR count). The molecule has 1 atom stereocenters. The van der Waals surface area contributed by atoms with E-state index in [1.807, 2.05) is 80.3 Å². The van der Waals surface area contributed by atoms with E-state index in [1.165, 1.54) is 0 Å². The molecular formula is C31H34ClN3O3. The van der Waals surface area contributed by atoms with Crippen molar-refractivity contribution < 1.29 is 14.3 Å². The molecule has 1 aliphatic rings. The summed E-state index contributed by atoms with van der Waals surface area (Å²) >= 11 is 6.28. The molecule has 0 bridgehead atoms. The average molecular weight is 532 g/mol. The average Bonchev–Trinajstić information content (AvgIpc) is 3.48. The van der Waals surface area contributed by atoms with Gasteiger partial charge in [-0.25, -0.2) is 4.98 Å². The number of benzene rings is 3. The summed E-state index contributed by atoms with van der Waals surface area (Å²) in [7, 11) is 0. The van der Waals surface area contributed by atoms with Crippen LogP contribution in [0, 0.1) is 13.8 Å². The number of carbonyl (C=O) groups excluding carboxylic acids is 1. The van der Waals surface area contributed by atoms with Crippen LogP contribution < -0.4 is 14.4 Å². The maximum Gasteiger partial charge on any atom is 0.227 e. The minimum Gasteiger partial charge on any atom is -0.494 e. The van der Waals surface area contributed by atoms with E-state index in [-0.39, 0.29) is 11.8 Å². The van der Waals surface area contributed by atoms with Crippen molar-refractivity contribution in [3.8, 4) is 11.5 Å². The highest BCUT2D eigenvalue weighted by molar-refractivity contribution is 6.32. The molecule has 0 N–H and O–H groups in total. The van der Waals surface area contributed by atoms with Gasteiger partial charge in [0.25, 0.3) is 0 Å². The maximum atomic E-state index is 13.0. The number of imidazole rings is 1. The Balaban J connectivity index is 1.27. The molecule has 6 nitrogen and oxygen atoms in total. The highest BCUT2D eigenvalue weighted by atomic mass is 35.5. The van der Waals surface area contributed by atoms with Crippen LogP contribution in [0.5, 0.6) is 11.5 Å². The molecule has 1 fully saturated rings. The molecule has 0 radical (unpaired) electrons. The first-order chi connectivity index (χ1) is 18.4. The van der Waals surface area contributed by atoms with Crippen LogP contribution in [0.15, 0.2) is 60.7 Å². The topological polar surface area (TPSA) is 56.6 Å². The molecule has 0 saturated carbocycles. The quantitative estimate of drug-likeness (QED) is 0.205. The Morgan fingerprint density at radius 3 is 2.45 bits per heavy atom. The van der Waals surface area contributed by atoms with Crippen LogP contribution in [0.3, 0.4) is 0 Å². The van der Waals surface area contributed by atoms with Gasteiger partial charge in [0, 0.05) is 36.1 Å². The van der Waals surface area contributed by atoms with Crippen molar-refractivity contribution in [3.05, 3.63) is 82.6 Å². The van der Waals surface area contributed by atoms with Crippen LogP contribution in [0.25, 0.3) is 11.0 Å². The molecule has 7 heteroatoms. The van der Waals surface area contributed by atoms with Gasteiger partial charge >= 0.3 is 0 Å². The van der Waals surface area contributed by atoms with Crippen molar-refractivity contribution in [2.45, 2.75) is 52.5 Å². The van der Waals surface area contributed by atoms with Crippen molar-refractivity contribution >= 4 is 34.2 Å². The minimum absolute atomic E-state index is 0.0396. The fraction of sp³-hybridized carbons (Fsp3) is 0.355. The van der Waals surface area contributed by atoms with E-state index >= 15 is 0 Å². The lowest BCUT2D eigenvalue weighted by Gasteiger charge is -2.18. The van der Waals surface area contributed by atoms with Crippen LogP contribution in [-0.4, -0.2) is 35.2 Å². The van der Waals surface area contributed by atoms with Crippen molar-refractivity contribution in [1.82, 2.24) is 9.55 Å². The Bertz CT molecular complexity index is 1410. The van der Waals surface area contributed by atoms with Gasteiger partial charge in [0.05, 0.1) is 24.2 Å². The summed E-state index contributed by atoms with van der Waals surface area (Å²) in [5, 5.41) is 0.795. The number of hydrogen-bond donors (Lipinski definition) is 0. The second-order valence-corrected chi connectivity index (χ2v) is 10.2. The predicted molar refractivity (Wildman–Crippen MR) is 153 cm³/mol. The van der Waals surface area contributed by atoms with Crippen molar-refractivity contribution in [3.63, 3.8) is 0 Å². The van der Waals surface area contributed by atoms with Crippen LogP contribution in [0.2, 0.25) is 5.02 Å². The lowest BCUT2D eigenvalue weighted by atomic mass is 10.1. The van der Waals surface area contributed by atoms with Gasteiger partial charge in [-0.15, -0.1) is 0 Å². The molecule has 1 unspecified atom stereocenters. The van der Waals surface area contributed by atoms with Gasteiger partial charge in [-0.2, -0.15) is 0 Å². The highest BCUT2D eigenvalue weighted by Gasteiger charge is 2.34. The summed E-state index contributed by atoms with van der Waals surface area (Å²) in [6.07, 6.45) is 2.31. The van der Waals surface area contributed by atoms with Crippen LogP contribution in [-0.2, 0) is 11.3 Å². The first-order valence-electron chi connectivity index (χ1n) is 13.3. The van der Waals surface area contributed by atoms with Gasteiger partial charge in [-0.3, -0.25) is 4.79 Å². The van der Waals surface area contributed by atoms with E-state index in [2.05, 4.69) is 10.6 Å². The first-order valence-corrected chi connectivity index (χ1v) is 13.7. The van der Waals surface area contributed by atoms with E-state index in [1.54, 1.807) is 0 Å². The number of nitrogens with zero attached hydrogens (tertiary/aromatic N) is 3. The normalized spacial score (nSPS) is 15.4. The molecule has 3 aromatic carbocycles. The standard InChI is InChI=1S/C31H34ClN3O3/c1-4-37-25-13-11-24(12-14-25)35-20-23(19-29(35)36)31-33-27-9-5-6-10-28(27)34(31)15-7-8-16-38-26-17-21(2)30(32)22(3)18-26/h5-6,9-14,17-18,23H,4,7-8,15-16,19-20H2,1-3H3. The second kappa shape index (κ2) is 11.5. The maximum absolute atomic E-state index is 13.0. The van der Waals surface area contributed by atoms with Crippen LogP contribution in [0.4, 0.5) is 5.69 Å². The van der Waals surface area contributed by atoms with Gasteiger partial charge in [0.1, 0.15) is 17.3 Å². The number of rotatable bonds is 10. The number of unbranched alkanes of at least 4 members (excludes halogenated alkanes) is 1. The van der Waals surface area contributed by atoms with E-state index in [0.29, 0.717) is 26.2 Å². The van der Waals surface area contributed by atoms with Crippen molar-refractivity contribution in [1.29, 1.82) is 0 Å². The number of aryl methyl sites for hydroxylation is 3. The summed E-state index contributed by atoms with van der Waals surface area (Å²) < 4.78 is 13.9. The van der Waals surface area contributed by atoms with Crippen LogP contribution >= 0.6 is 11.6 Å². The molecular weight excluding hydrogens is 498 g/mol. The molecule has 4 aromatic rings. The molecule has 198 valence electrons. The zero-order valence-corrected chi connectivity index (χ0v) is 23.0. The number of ether oxygens (including phenoxy) is 2. The molecule has 38 heavy (non-hydrogen) atoms. The summed E-state index contributed by atoms with van der Waals surface area (Å²) in [5.74, 6) is 2.82. The predicted octanol–water partition coefficient (Wildman–Crippen LogP) is 7.08. The van der Waals surface area contributed by atoms with Crippen molar-refractivity contribution in [2.75, 3.05) is 24.7 Å². The van der Waals surface area contributed by atoms with Crippen molar-refractivity contribution in [2.24, 2.45) is 0 Å². The Morgan fingerprint density at radius 2 is 1.71 bits per heavy atom. The lowest BCUT2D eigenvalue weighted by Crippen LogP contribution is -2.24. The number of hydrogen-bond acceptors (Lipinski definition) is 4. The molecule has 2 heterocycles. The number of aromatic nitrogens is 2. The molecule has 1 saturated heterocycles. The van der Waals surface area contributed by atoms with E-state index in [0.717, 1.165) is 69.6 Å². The van der Waals surface area contributed by atoms with Gasteiger partial charge in [-0.05, 0) is 93.3 Å². The number of amides is 1. The fourth-order valence-electron chi connectivity index (χ4n) is 5.21. The van der Waals surface area contributed by atoms with E-state index in [4.69, 9.17) is 26.1 Å². The summed E-state index contributed by atoms with van der Waals surface area (Å²) in [5.41, 5.74) is 5.04. The smallest absolute Gasteiger partial charge is 0.227 e. The van der Waals surface area contributed by atoms with Gasteiger partial charge < -0.3 is 18.9 Å². The number of anilines is 1. The zero-order valence-electron chi connectivity index (χ0n) is 22.2. The number of fused-ring (bicyclic) bond motifs is 1. The molecule has 1 aliphatic heterocycles. The number of halogens is 1. The molecule has 1 aromatic heterocycles. The highest BCUT2D eigenvalue weighted by Crippen LogP contribution is 2.34. The SMILES string of the molecule is CCOc1ccc(N2CC(c3nc4ccccc4n3CCCCOc3cc(C)c(Cl)c(C)c3)CC2=O)cc1. The Hall–Kier alpha value is -3.51. The molecule has 0 aliphatic carbocycles. The summed E-state index contributed by atoms with van der Waals surface area (Å²) in [6, 6.07) is 20.0. The Labute approximate surface area is 229 Å². The Morgan fingerprint density at radius 1 is 0.974 bits per heavy atom. The lowest BCUT2D eigenvalue weighted by molar-refractivity contribution is -0.117. The van der Waals surface area contributed by atoms with Crippen LogP contribution in [0.1, 0.15) is 49.1 Å². The second-order valence-electron chi connectivity index (χ2n) is 9.87. The van der Waals surface area contributed by atoms with E-state index in [9.17, 15) is 4.79 Å². The fourth-order valence-corrected chi connectivity index (χ4v) is 5.32. The minimum atomic E-state index is 0.0396. The number of para-hydroxylation sites is 2. The molecule has 0 spiro atoms. The third-order valence-corrected chi connectivity index (χ3v) is 7.68. The Kier molecular flexibility index (Phi) is 7.89. The van der Waals surface area contributed by atoms with Gasteiger partial charge in [-0.1, -0.05) is 23.7 Å². The zero-order chi connectivity index (χ0) is 26.6. The third kappa shape index (κ3) is 5.51. The first kappa shape index (κ1) is 26.1. The third-order valence-electron chi connectivity index (χ3n) is 7.09. The summed E-state index contributed by atoms with van der Waals surface area (Å²) in [6.45, 7) is 8.66. The molecule has 1 amide bonds. The van der Waals surface area contributed by atoms with Gasteiger partial charge in [0.2, 0.25) is 5.91 Å². The number of carbonyl (C=O) groups is 1. The van der Waals surface area contributed by atoms with E-state index < -0.39 is 0 Å². The van der Waals surface area contributed by atoms with Gasteiger partial charge in [0.15, 0.2) is 0 Å². The summed E-state index contributed by atoms with van der Waals surface area (Å²) in [4.78, 5) is 19.9. The monoisotopic (exact) mass is 531 g/mol. The largest absolute Gasteiger partial charge is 0.494 e.